The van der Waals surface area contributed by atoms with Gasteiger partial charge in [0.25, 0.3) is 0 Å². The summed E-state index contributed by atoms with van der Waals surface area (Å²) in [5.41, 5.74) is 0.350. The summed E-state index contributed by atoms with van der Waals surface area (Å²) in [6.45, 7) is 0.514. The second kappa shape index (κ2) is 7.87. The van der Waals surface area contributed by atoms with Crippen LogP contribution in [0.3, 0.4) is 0 Å². The number of hydrogen-bond donors (Lipinski definition) is 2. The Morgan fingerprint density at radius 1 is 1.09 bits per heavy atom. The van der Waals surface area contributed by atoms with Gasteiger partial charge in [0.1, 0.15) is 18.2 Å². The molecular formula is C15H13Cl2FN2O2. The van der Waals surface area contributed by atoms with Gasteiger partial charge in [-0.05, 0) is 36.4 Å². The number of rotatable bonds is 5. The van der Waals surface area contributed by atoms with Crippen molar-refractivity contribution >= 4 is 34.9 Å². The number of benzene rings is 2. The van der Waals surface area contributed by atoms with Crippen LogP contribution in [0.1, 0.15) is 0 Å². The van der Waals surface area contributed by atoms with Gasteiger partial charge in [0, 0.05) is 0 Å². The highest BCUT2D eigenvalue weighted by atomic mass is 35.5. The van der Waals surface area contributed by atoms with Crippen molar-refractivity contribution in [1.82, 2.24) is 5.32 Å². The zero-order valence-corrected chi connectivity index (χ0v) is 12.9. The summed E-state index contributed by atoms with van der Waals surface area (Å²) < 4.78 is 18.1. The van der Waals surface area contributed by atoms with Gasteiger partial charge >= 0.3 is 6.03 Å². The molecule has 0 aromatic heterocycles. The minimum atomic E-state index is -0.447. The van der Waals surface area contributed by atoms with E-state index in [1.54, 1.807) is 18.2 Å². The lowest BCUT2D eigenvalue weighted by Gasteiger charge is -2.11. The zero-order valence-electron chi connectivity index (χ0n) is 11.4. The van der Waals surface area contributed by atoms with E-state index in [4.69, 9.17) is 27.9 Å². The molecule has 2 amide bonds. The summed E-state index contributed by atoms with van der Waals surface area (Å²) in [5.74, 6) is 0.194. The van der Waals surface area contributed by atoms with Crippen molar-refractivity contribution in [2.45, 2.75) is 0 Å². The summed E-state index contributed by atoms with van der Waals surface area (Å²) >= 11 is 11.9. The predicted molar refractivity (Wildman–Crippen MR) is 85.4 cm³/mol. The van der Waals surface area contributed by atoms with Gasteiger partial charge in [0.05, 0.1) is 22.3 Å². The SMILES string of the molecule is O=C(NCCOc1ccc(F)cc1)Nc1c(Cl)cccc1Cl. The number of amides is 2. The number of carbonyl (C=O) groups excluding carboxylic acids is 1. The number of halogens is 3. The molecule has 2 aromatic rings. The molecule has 0 heterocycles. The Hall–Kier alpha value is -1.98. The van der Waals surface area contributed by atoms with Crippen LogP contribution in [-0.4, -0.2) is 19.2 Å². The van der Waals surface area contributed by atoms with Crippen LogP contribution in [0.15, 0.2) is 42.5 Å². The van der Waals surface area contributed by atoms with E-state index in [2.05, 4.69) is 10.6 Å². The molecule has 2 rings (SSSR count). The van der Waals surface area contributed by atoms with Crippen LogP contribution in [0.25, 0.3) is 0 Å². The average Bonchev–Trinajstić information content (AvgIpc) is 2.49. The Balaban J connectivity index is 1.75. The fourth-order valence-electron chi connectivity index (χ4n) is 1.64. The first-order valence-electron chi connectivity index (χ1n) is 6.43. The Bertz CT molecular complexity index is 630. The Labute approximate surface area is 137 Å². The van der Waals surface area contributed by atoms with Gasteiger partial charge in [0.15, 0.2) is 0 Å². The first-order chi connectivity index (χ1) is 10.6. The van der Waals surface area contributed by atoms with Crippen LogP contribution in [0.5, 0.6) is 5.75 Å². The van der Waals surface area contributed by atoms with Gasteiger partial charge in [0.2, 0.25) is 0 Å². The monoisotopic (exact) mass is 342 g/mol. The minimum Gasteiger partial charge on any atom is -0.492 e. The van der Waals surface area contributed by atoms with E-state index in [-0.39, 0.29) is 19.0 Å². The van der Waals surface area contributed by atoms with Gasteiger partial charge in [-0.2, -0.15) is 0 Å². The topological polar surface area (TPSA) is 50.4 Å². The predicted octanol–water partition coefficient (Wildman–Crippen LogP) is 4.33. The number of urea groups is 1. The van der Waals surface area contributed by atoms with Crippen molar-refractivity contribution in [3.8, 4) is 5.75 Å². The molecule has 116 valence electrons. The van der Waals surface area contributed by atoms with Crippen molar-refractivity contribution in [1.29, 1.82) is 0 Å². The van der Waals surface area contributed by atoms with E-state index < -0.39 is 6.03 Å². The number of nitrogens with one attached hydrogen (secondary N) is 2. The third-order valence-corrected chi connectivity index (χ3v) is 3.30. The Kier molecular flexibility index (Phi) is 5.86. The first-order valence-corrected chi connectivity index (χ1v) is 7.19. The first kappa shape index (κ1) is 16.4. The molecule has 0 bridgehead atoms. The number of carbonyl (C=O) groups is 1. The third kappa shape index (κ3) is 4.79. The van der Waals surface area contributed by atoms with E-state index in [0.717, 1.165) is 0 Å². The van der Waals surface area contributed by atoms with Gasteiger partial charge in [-0.15, -0.1) is 0 Å². The molecule has 4 nitrogen and oxygen atoms in total. The molecule has 0 unspecified atom stereocenters. The number of anilines is 1. The van der Waals surface area contributed by atoms with Crippen molar-refractivity contribution in [2.24, 2.45) is 0 Å². The molecule has 0 saturated heterocycles. The highest BCUT2D eigenvalue weighted by Gasteiger charge is 2.08. The maximum Gasteiger partial charge on any atom is 0.319 e. The third-order valence-electron chi connectivity index (χ3n) is 2.67. The standard InChI is InChI=1S/C15H13Cl2FN2O2/c16-12-2-1-3-13(17)14(12)20-15(21)19-8-9-22-11-6-4-10(18)5-7-11/h1-7H,8-9H2,(H2,19,20,21). The smallest absolute Gasteiger partial charge is 0.319 e. The van der Waals surface area contributed by atoms with Crippen molar-refractivity contribution in [3.05, 3.63) is 58.3 Å². The number of ether oxygens (including phenoxy) is 1. The molecule has 2 N–H and O–H groups in total. The summed E-state index contributed by atoms with van der Waals surface area (Å²) in [4.78, 5) is 11.7. The molecule has 0 atom stereocenters. The lowest BCUT2D eigenvalue weighted by Crippen LogP contribution is -2.32. The zero-order chi connectivity index (χ0) is 15.9. The summed E-state index contributed by atoms with van der Waals surface area (Å²) in [5, 5.41) is 5.87. The van der Waals surface area contributed by atoms with Crippen molar-refractivity contribution < 1.29 is 13.9 Å². The Morgan fingerprint density at radius 2 is 1.73 bits per heavy atom. The highest BCUT2D eigenvalue weighted by molar-refractivity contribution is 6.39. The van der Waals surface area contributed by atoms with Gasteiger partial charge in [-0.25, -0.2) is 9.18 Å². The molecule has 2 aromatic carbocycles. The molecule has 0 radical (unpaired) electrons. The van der Waals surface area contributed by atoms with Gasteiger partial charge in [-0.1, -0.05) is 29.3 Å². The Morgan fingerprint density at radius 3 is 2.36 bits per heavy atom. The van der Waals surface area contributed by atoms with E-state index in [1.807, 2.05) is 0 Å². The molecule has 0 fully saturated rings. The fourth-order valence-corrected chi connectivity index (χ4v) is 2.13. The van der Waals surface area contributed by atoms with E-state index >= 15 is 0 Å². The van der Waals surface area contributed by atoms with Crippen LogP contribution in [0, 0.1) is 5.82 Å². The van der Waals surface area contributed by atoms with Gasteiger partial charge < -0.3 is 15.4 Å². The summed E-state index contributed by atoms with van der Waals surface area (Å²) in [6, 6.07) is 10.1. The van der Waals surface area contributed by atoms with E-state index in [0.29, 0.717) is 21.5 Å². The number of para-hydroxylation sites is 1. The quantitative estimate of drug-likeness (QED) is 0.794. The summed E-state index contributed by atoms with van der Waals surface area (Å²) in [6.07, 6.45) is 0. The van der Waals surface area contributed by atoms with Gasteiger partial charge in [-0.3, -0.25) is 0 Å². The van der Waals surface area contributed by atoms with Crippen LogP contribution >= 0.6 is 23.2 Å². The lowest BCUT2D eigenvalue weighted by atomic mass is 10.3. The van der Waals surface area contributed by atoms with Crippen LogP contribution < -0.4 is 15.4 Å². The molecule has 0 saturated carbocycles. The highest BCUT2D eigenvalue weighted by Crippen LogP contribution is 2.29. The van der Waals surface area contributed by atoms with E-state index in [1.165, 1.54) is 24.3 Å². The van der Waals surface area contributed by atoms with Crippen LogP contribution in [0.4, 0.5) is 14.9 Å². The molecule has 22 heavy (non-hydrogen) atoms. The number of hydrogen-bond acceptors (Lipinski definition) is 2. The summed E-state index contributed by atoms with van der Waals surface area (Å²) in [7, 11) is 0. The fraction of sp³-hybridized carbons (Fsp3) is 0.133. The molecule has 0 aliphatic heterocycles. The second-order valence-electron chi connectivity index (χ2n) is 4.28. The normalized spacial score (nSPS) is 10.1. The minimum absolute atomic E-state index is 0.245. The molecular weight excluding hydrogens is 330 g/mol. The van der Waals surface area contributed by atoms with E-state index in [9.17, 15) is 9.18 Å². The second-order valence-corrected chi connectivity index (χ2v) is 5.09. The average molecular weight is 343 g/mol. The van der Waals surface area contributed by atoms with Crippen molar-refractivity contribution in [3.63, 3.8) is 0 Å². The van der Waals surface area contributed by atoms with Crippen LogP contribution in [0.2, 0.25) is 10.0 Å². The lowest BCUT2D eigenvalue weighted by molar-refractivity contribution is 0.247. The maximum absolute atomic E-state index is 12.7. The maximum atomic E-state index is 12.7. The molecule has 0 aliphatic rings. The molecule has 0 spiro atoms. The molecule has 7 heteroatoms. The van der Waals surface area contributed by atoms with Crippen molar-refractivity contribution in [2.75, 3.05) is 18.5 Å². The molecule has 0 aliphatic carbocycles. The largest absolute Gasteiger partial charge is 0.492 e. The van der Waals surface area contributed by atoms with Crippen LogP contribution in [-0.2, 0) is 0 Å².